The molecule has 1 aliphatic rings. The largest absolute Gasteiger partial charge is 0.481 e. The van der Waals surface area contributed by atoms with Gasteiger partial charge in [0.1, 0.15) is 0 Å². The Morgan fingerprint density at radius 2 is 2.00 bits per heavy atom. The second-order valence-corrected chi connectivity index (χ2v) is 6.85. The third kappa shape index (κ3) is 2.06. The Bertz CT molecular complexity index is 943. The van der Waals surface area contributed by atoms with Gasteiger partial charge in [0.15, 0.2) is 0 Å². The Morgan fingerprint density at radius 1 is 1.25 bits per heavy atom. The van der Waals surface area contributed by atoms with Crippen LogP contribution in [0.2, 0.25) is 0 Å². The number of carboxylic acid groups (broad SMARTS) is 1. The van der Waals surface area contributed by atoms with Gasteiger partial charge >= 0.3 is 5.97 Å². The van der Waals surface area contributed by atoms with Gasteiger partial charge in [-0.3, -0.25) is 4.79 Å². The maximum atomic E-state index is 12.3. The number of carbonyl (C=O) groups is 1. The summed E-state index contributed by atoms with van der Waals surface area (Å²) in [5.41, 5.74) is 5.52. The first-order chi connectivity index (χ1) is 11.5. The normalized spacial score (nSPS) is 20.1. The lowest BCUT2D eigenvalue weighted by atomic mass is 9.68. The van der Waals surface area contributed by atoms with E-state index in [1.807, 2.05) is 41.0 Å². The summed E-state index contributed by atoms with van der Waals surface area (Å²) in [7, 11) is 0. The van der Waals surface area contributed by atoms with Gasteiger partial charge in [-0.1, -0.05) is 36.4 Å². The van der Waals surface area contributed by atoms with Crippen molar-refractivity contribution in [3.8, 4) is 0 Å². The first kappa shape index (κ1) is 14.9. The minimum Gasteiger partial charge on any atom is -0.481 e. The summed E-state index contributed by atoms with van der Waals surface area (Å²) in [6.07, 6.45) is 3.79. The number of aryl methyl sites for hydroxylation is 3. The number of fused-ring (bicyclic) bond motifs is 3. The molecule has 0 radical (unpaired) electrons. The Labute approximate surface area is 140 Å². The molecular weight excluding hydrogens is 300 g/mol. The zero-order valence-corrected chi connectivity index (χ0v) is 13.9. The summed E-state index contributed by atoms with van der Waals surface area (Å²) >= 11 is 0. The summed E-state index contributed by atoms with van der Waals surface area (Å²) in [4.78, 5) is 12.3. The summed E-state index contributed by atoms with van der Waals surface area (Å²) in [5.74, 6) is -0.747. The lowest BCUT2D eigenvalue weighted by Crippen LogP contribution is -2.41. The number of benzene rings is 1. The number of pyridine rings is 1. The van der Waals surface area contributed by atoms with Gasteiger partial charge in [0, 0.05) is 11.8 Å². The fourth-order valence-corrected chi connectivity index (χ4v) is 4.09. The van der Waals surface area contributed by atoms with E-state index in [9.17, 15) is 9.90 Å². The van der Waals surface area contributed by atoms with E-state index in [1.165, 1.54) is 0 Å². The Morgan fingerprint density at radius 3 is 2.71 bits per heavy atom. The zero-order valence-electron chi connectivity index (χ0n) is 13.9. The average Bonchev–Trinajstić information content (AvgIpc) is 2.92. The van der Waals surface area contributed by atoms with E-state index in [1.54, 1.807) is 0 Å². The van der Waals surface area contributed by atoms with Crippen LogP contribution in [0.4, 0.5) is 0 Å². The third-order valence-electron chi connectivity index (χ3n) is 5.24. The minimum absolute atomic E-state index is 0.495. The monoisotopic (exact) mass is 320 g/mol. The molecule has 0 aliphatic heterocycles. The molecule has 0 saturated carbocycles. The van der Waals surface area contributed by atoms with Crippen LogP contribution in [0, 0.1) is 13.8 Å². The van der Waals surface area contributed by atoms with E-state index >= 15 is 0 Å². The lowest BCUT2D eigenvalue weighted by Gasteiger charge is -2.33. The van der Waals surface area contributed by atoms with Crippen LogP contribution in [0.5, 0.6) is 0 Å². The minimum atomic E-state index is -0.866. The van der Waals surface area contributed by atoms with Crippen molar-refractivity contribution >= 4 is 11.5 Å². The van der Waals surface area contributed by atoms with E-state index in [2.05, 4.69) is 19.9 Å². The van der Waals surface area contributed by atoms with Gasteiger partial charge in [-0.15, -0.1) is 0 Å². The van der Waals surface area contributed by atoms with Crippen molar-refractivity contribution in [2.45, 2.75) is 38.5 Å². The molecular formula is C20H20N2O2. The number of hydrogen-bond donors (Lipinski definition) is 1. The van der Waals surface area contributed by atoms with E-state index in [0.717, 1.165) is 33.5 Å². The molecule has 1 N–H and O–H groups in total. The predicted molar refractivity (Wildman–Crippen MR) is 92.4 cm³/mol. The molecule has 4 heteroatoms. The molecule has 1 aliphatic carbocycles. The zero-order chi connectivity index (χ0) is 16.9. The number of rotatable bonds is 2. The number of hydrogen-bond acceptors (Lipinski definition) is 2. The maximum absolute atomic E-state index is 12.3. The van der Waals surface area contributed by atoms with Crippen LogP contribution >= 0.6 is 0 Å². The van der Waals surface area contributed by atoms with Crippen LogP contribution in [-0.2, 0) is 23.1 Å². The molecule has 4 nitrogen and oxygen atoms in total. The van der Waals surface area contributed by atoms with Gasteiger partial charge in [-0.2, -0.15) is 5.10 Å². The summed E-state index contributed by atoms with van der Waals surface area (Å²) < 4.78 is 1.93. The molecule has 0 fully saturated rings. The Balaban J connectivity index is 1.92. The van der Waals surface area contributed by atoms with Gasteiger partial charge in [0.2, 0.25) is 0 Å². The molecule has 1 unspecified atom stereocenters. The fourth-order valence-electron chi connectivity index (χ4n) is 4.09. The topological polar surface area (TPSA) is 54.6 Å². The Hall–Kier alpha value is -2.62. The van der Waals surface area contributed by atoms with Gasteiger partial charge in [0.25, 0.3) is 0 Å². The smallest absolute Gasteiger partial charge is 0.314 e. The van der Waals surface area contributed by atoms with Crippen LogP contribution in [0.3, 0.4) is 0 Å². The van der Waals surface area contributed by atoms with Gasteiger partial charge in [0.05, 0.1) is 16.6 Å². The first-order valence-electron chi connectivity index (χ1n) is 8.27. The highest BCUT2D eigenvalue weighted by Crippen LogP contribution is 2.40. The molecule has 2 aromatic heterocycles. The van der Waals surface area contributed by atoms with Crippen molar-refractivity contribution in [3.05, 3.63) is 70.5 Å². The molecule has 0 saturated heterocycles. The second kappa shape index (κ2) is 5.20. The van der Waals surface area contributed by atoms with Crippen LogP contribution in [0.25, 0.3) is 5.52 Å². The molecule has 24 heavy (non-hydrogen) atoms. The molecule has 3 aromatic rings. The van der Waals surface area contributed by atoms with Gasteiger partial charge in [-0.05, 0) is 49.8 Å². The molecule has 2 heterocycles. The van der Waals surface area contributed by atoms with Gasteiger partial charge in [-0.25, -0.2) is 4.52 Å². The van der Waals surface area contributed by atoms with E-state index in [0.29, 0.717) is 19.3 Å². The van der Waals surface area contributed by atoms with Crippen molar-refractivity contribution < 1.29 is 9.90 Å². The maximum Gasteiger partial charge on any atom is 0.314 e. The highest BCUT2D eigenvalue weighted by atomic mass is 16.4. The van der Waals surface area contributed by atoms with E-state index < -0.39 is 11.4 Å². The quantitative estimate of drug-likeness (QED) is 0.786. The third-order valence-corrected chi connectivity index (χ3v) is 5.24. The van der Waals surface area contributed by atoms with Crippen molar-refractivity contribution in [2.75, 3.05) is 0 Å². The SMILES string of the molecule is Cc1cc(C)c2c3c(nn2c1)CCC(C(=O)O)(c1ccccc1)C3. The molecule has 1 aromatic carbocycles. The van der Waals surface area contributed by atoms with Crippen molar-refractivity contribution in [1.29, 1.82) is 0 Å². The van der Waals surface area contributed by atoms with E-state index in [-0.39, 0.29) is 0 Å². The standard InChI is InChI=1S/C20H20N2O2/c1-13-10-14(2)18-16-11-20(19(23)24,15-6-4-3-5-7-15)9-8-17(16)21-22(18)12-13/h3-7,10,12H,8-9,11H2,1-2H3,(H,23,24). The molecule has 0 spiro atoms. The molecule has 0 bridgehead atoms. The second-order valence-electron chi connectivity index (χ2n) is 6.85. The van der Waals surface area contributed by atoms with Crippen molar-refractivity contribution in [3.63, 3.8) is 0 Å². The average molecular weight is 320 g/mol. The van der Waals surface area contributed by atoms with Crippen LogP contribution in [0.1, 0.15) is 34.4 Å². The summed E-state index contributed by atoms with van der Waals surface area (Å²) in [6, 6.07) is 11.8. The number of nitrogens with zero attached hydrogens (tertiary/aromatic N) is 2. The fraction of sp³-hybridized carbons (Fsp3) is 0.300. The van der Waals surface area contributed by atoms with E-state index in [4.69, 9.17) is 5.10 Å². The Kier molecular flexibility index (Phi) is 3.23. The molecule has 4 rings (SSSR count). The number of aliphatic carboxylic acids is 1. The summed E-state index contributed by atoms with van der Waals surface area (Å²) in [6.45, 7) is 4.13. The molecule has 0 amide bonds. The molecule has 122 valence electrons. The van der Waals surface area contributed by atoms with Crippen LogP contribution < -0.4 is 0 Å². The van der Waals surface area contributed by atoms with Crippen LogP contribution in [0.15, 0.2) is 42.6 Å². The highest BCUT2D eigenvalue weighted by Gasteiger charge is 2.44. The van der Waals surface area contributed by atoms with Crippen LogP contribution in [-0.4, -0.2) is 20.7 Å². The summed E-state index contributed by atoms with van der Waals surface area (Å²) in [5, 5.41) is 14.8. The highest BCUT2D eigenvalue weighted by molar-refractivity contribution is 5.83. The number of aromatic nitrogens is 2. The number of carboxylic acids is 1. The predicted octanol–water partition coefficient (Wildman–Crippen LogP) is 3.46. The first-order valence-corrected chi connectivity index (χ1v) is 8.27. The van der Waals surface area contributed by atoms with Gasteiger partial charge < -0.3 is 5.11 Å². The van der Waals surface area contributed by atoms with Crippen molar-refractivity contribution in [1.82, 2.24) is 9.61 Å². The van der Waals surface area contributed by atoms with Crippen molar-refractivity contribution in [2.24, 2.45) is 0 Å². The molecule has 1 atom stereocenters. The lowest BCUT2D eigenvalue weighted by molar-refractivity contribution is -0.144.